The minimum absolute atomic E-state index is 0.00845. The van der Waals surface area contributed by atoms with E-state index >= 15 is 0 Å². The number of anilines is 2. The van der Waals surface area contributed by atoms with Crippen molar-refractivity contribution in [3.8, 4) is 11.8 Å². The van der Waals surface area contributed by atoms with Crippen LogP contribution < -0.4 is 14.4 Å². The predicted molar refractivity (Wildman–Crippen MR) is 131 cm³/mol. The lowest BCUT2D eigenvalue weighted by Gasteiger charge is -2.37. The molecule has 13 heteroatoms. The molecule has 1 unspecified atom stereocenters. The number of benzene rings is 2. The lowest BCUT2D eigenvalue weighted by atomic mass is 9.88. The van der Waals surface area contributed by atoms with Crippen molar-refractivity contribution >= 4 is 27.5 Å². The second kappa shape index (κ2) is 9.98. The van der Waals surface area contributed by atoms with Gasteiger partial charge in [-0.15, -0.1) is 0 Å². The van der Waals surface area contributed by atoms with Gasteiger partial charge in [0, 0.05) is 12.1 Å². The van der Waals surface area contributed by atoms with Crippen LogP contribution in [0.2, 0.25) is 0 Å². The maximum atomic E-state index is 13.8. The van der Waals surface area contributed by atoms with Gasteiger partial charge < -0.3 is 9.47 Å². The van der Waals surface area contributed by atoms with Crippen LogP contribution in [0.25, 0.3) is 0 Å². The summed E-state index contributed by atoms with van der Waals surface area (Å²) >= 11 is 0. The largest absolute Gasteiger partial charge is 0.486 e. The van der Waals surface area contributed by atoms with Crippen LogP contribution in [0.1, 0.15) is 39.7 Å². The number of hydrogen-bond acceptors (Lipinski definition) is 6. The minimum Gasteiger partial charge on any atom is -0.486 e. The molecule has 1 heterocycles. The van der Waals surface area contributed by atoms with E-state index in [0.29, 0.717) is 13.8 Å². The van der Waals surface area contributed by atoms with Crippen molar-refractivity contribution in [3.63, 3.8) is 0 Å². The molecule has 0 spiro atoms. The van der Waals surface area contributed by atoms with Crippen LogP contribution in [0.3, 0.4) is 0 Å². The summed E-state index contributed by atoms with van der Waals surface area (Å²) in [4.78, 5) is 12.0. The zero-order valence-electron chi connectivity index (χ0n) is 21.3. The Balaban J connectivity index is 2.01. The van der Waals surface area contributed by atoms with Crippen molar-refractivity contribution in [2.75, 3.05) is 16.2 Å². The van der Waals surface area contributed by atoms with Crippen molar-refractivity contribution in [3.05, 3.63) is 47.8 Å². The highest BCUT2D eigenvalue weighted by Crippen LogP contribution is 2.41. The van der Waals surface area contributed by atoms with E-state index in [4.69, 9.17) is 4.74 Å². The Labute approximate surface area is 218 Å². The Morgan fingerprint density at radius 1 is 1.18 bits per heavy atom. The van der Waals surface area contributed by atoms with Gasteiger partial charge in [-0.2, -0.15) is 18.4 Å². The van der Waals surface area contributed by atoms with Crippen LogP contribution in [-0.2, 0) is 14.8 Å². The highest BCUT2D eigenvalue weighted by Gasteiger charge is 2.51. The smallest absolute Gasteiger partial charge is 0.427 e. The third-order valence-electron chi connectivity index (χ3n) is 5.93. The summed E-state index contributed by atoms with van der Waals surface area (Å²) in [6.45, 7) is 5.93. The molecule has 0 aromatic heterocycles. The zero-order chi connectivity index (χ0) is 28.7. The first kappa shape index (κ1) is 29.0. The predicted octanol–water partition coefficient (Wildman–Crippen LogP) is 5.92. The molecule has 206 valence electrons. The number of nitrogens with zero attached hydrogens (tertiary/aromatic N) is 2. The molecule has 1 atom stereocenters. The summed E-state index contributed by atoms with van der Waals surface area (Å²) in [5.41, 5.74) is -3.58. The minimum atomic E-state index is -4.82. The number of carbonyl (C=O) groups excluding carboxylic acids is 1. The molecule has 2 aromatic carbocycles. The van der Waals surface area contributed by atoms with E-state index in [1.165, 1.54) is 31.2 Å². The highest BCUT2D eigenvalue weighted by atomic mass is 32.2. The van der Waals surface area contributed by atoms with Gasteiger partial charge in [0.2, 0.25) is 5.60 Å². The number of aryl methyl sites for hydroxylation is 1. The summed E-state index contributed by atoms with van der Waals surface area (Å²) in [5, 5.41) is 11.6. The zero-order valence-corrected chi connectivity index (χ0v) is 22.1. The quantitative estimate of drug-likeness (QED) is 0.442. The molecule has 2 aromatic rings. The summed E-state index contributed by atoms with van der Waals surface area (Å²) in [6, 6.07) is 9.33. The van der Waals surface area contributed by atoms with Gasteiger partial charge in [0.15, 0.2) is 0 Å². The maximum Gasteiger partial charge on any atom is 0.427 e. The summed E-state index contributed by atoms with van der Waals surface area (Å²) in [5.74, 6) is -0.487. The number of alkyl halides is 3. The Bertz CT molecular complexity index is 1380. The third kappa shape index (κ3) is 6.12. The summed E-state index contributed by atoms with van der Waals surface area (Å²) < 4.78 is 91.9. The molecule has 3 rings (SSSR count). The van der Waals surface area contributed by atoms with Gasteiger partial charge in [-0.25, -0.2) is 17.6 Å². The summed E-state index contributed by atoms with van der Waals surface area (Å²) in [7, 11) is -4.29. The van der Waals surface area contributed by atoms with Crippen LogP contribution >= 0.6 is 0 Å². The van der Waals surface area contributed by atoms with E-state index in [1.807, 2.05) is 0 Å². The molecular weight excluding hydrogens is 530 g/mol. The van der Waals surface area contributed by atoms with Gasteiger partial charge >= 0.3 is 12.3 Å². The number of carbonyl (C=O) groups is 1. The van der Waals surface area contributed by atoms with Crippen LogP contribution in [0.5, 0.6) is 5.75 Å². The molecule has 8 nitrogen and oxygen atoms in total. The maximum absolute atomic E-state index is 13.8. The van der Waals surface area contributed by atoms with Gasteiger partial charge in [-0.05, 0) is 76.6 Å². The van der Waals surface area contributed by atoms with Gasteiger partial charge in [0.1, 0.15) is 17.7 Å². The van der Waals surface area contributed by atoms with Gasteiger partial charge in [0.25, 0.3) is 10.0 Å². The number of amides is 1. The number of nitriles is 1. The van der Waals surface area contributed by atoms with E-state index in [-0.39, 0.29) is 40.5 Å². The van der Waals surface area contributed by atoms with E-state index in [2.05, 4.69) is 16.1 Å². The number of ether oxygens (including phenoxy) is 2. The SMILES string of the molecule is Cc1cc(S(=O)(=O)N2CC(CC(C)(C)C#N)Oc3ccc(NC(=O)OC(C)(C)C(F)(F)F)cc32)ccc1F. The molecule has 1 aliphatic rings. The van der Waals surface area contributed by atoms with Crippen LogP contribution in [0, 0.1) is 29.5 Å². The van der Waals surface area contributed by atoms with Gasteiger partial charge in [-0.3, -0.25) is 9.62 Å². The first-order valence-corrected chi connectivity index (χ1v) is 12.9. The average Bonchev–Trinajstić information content (AvgIpc) is 2.79. The molecule has 1 amide bonds. The Morgan fingerprint density at radius 3 is 2.42 bits per heavy atom. The van der Waals surface area contributed by atoms with Crippen LogP contribution in [0.15, 0.2) is 41.3 Å². The van der Waals surface area contributed by atoms with Crippen LogP contribution in [0.4, 0.5) is 33.7 Å². The second-order valence-corrected chi connectivity index (χ2v) is 12.0. The number of hydrogen-bond donors (Lipinski definition) is 1. The van der Waals surface area contributed by atoms with E-state index < -0.39 is 45.2 Å². The topological polar surface area (TPSA) is 109 Å². The van der Waals surface area contributed by atoms with Crippen molar-refractivity contribution in [1.29, 1.82) is 5.26 Å². The molecule has 1 aliphatic heterocycles. The van der Waals surface area contributed by atoms with Crippen LogP contribution in [-0.4, -0.2) is 38.9 Å². The molecule has 0 aliphatic carbocycles. The Morgan fingerprint density at radius 2 is 1.84 bits per heavy atom. The fraction of sp³-hybridized carbons (Fsp3) is 0.440. The van der Waals surface area contributed by atoms with Gasteiger partial charge in [0.05, 0.1) is 28.6 Å². The molecule has 38 heavy (non-hydrogen) atoms. The van der Waals surface area contributed by atoms with E-state index in [1.54, 1.807) is 13.8 Å². The van der Waals surface area contributed by atoms with Crippen molar-refractivity contribution in [2.24, 2.45) is 5.41 Å². The highest BCUT2D eigenvalue weighted by molar-refractivity contribution is 7.92. The van der Waals surface area contributed by atoms with Crippen molar-refractivity contribution in [1.82, 2.24) is 0 Å². The van der Waals surface area contributed by atoms with E-state index in [0.717, 1.165) is 16.4 Å². The van der Waals surface area contributed by atoms with E-state index in [9.17, 15) is 36.0 Å². The van der Waals surface area contributed by atoms with Crippen molar-refractivity contribution in [2.45, 2.75) is 63.8 Å². The summed E-state index contributed by atoms with van der Waals surface area (Å²) in [6.07, 6.45) is -6.78. The standard InChI is InChI=1S/C25H27F4N3O5S/c1-15-10-18(7-8-19(15)26)38(34,35)32-13-17(12-23(2,3)14-30)36-21-9-6-16(11-20(21)32)31-22(33)37-24(4,5)25(27,28)29/h6-11,17H,12-13H2,1-5H3,(H,31,33). The first-order valence-electron chi connectivity index (χ1n) is 11.4. The number of sulfonamides is 1. The Kier molecular flexibility index (Phi) is 7.62. The molecule has 0 fully saturated rings. The molecule has 0 radical (unpaired) electrons. The van der Waals surface area contributed by atoms with Gasteiger partial charge in [-0.1, -0.05) is 0 Å². The second-order valence-electron chi connectivity index (χ2n) is 10.1. The normalized spacial score (nSPS) is 16.2. The molecule has 1 N–H and O–H groups in total. The average molecular weight is 558 g/mol. The number of fused-ring (bicyclic) bond motifs is 1. The first-order chi connectivity index (χ1) is 17.4. The van der Waals surface area contributed by atoms with Crippen molar-refractivity contribution < 1.29 is 40.2 Å². The lowest BCUT2D eigenvalue weighted by molar-refractivity contribution is -0.242. The Hall–Kier alpha value is -3.53. The molecule has 0 bridgehead atoms. The molecule has 0 saturated carbocycles. The molecular formula is C25H27F4N3O5S. The lowest BCUT2D eigenvalue weighted by Crippen LogP contribution is -2.45. The monoisotopic (exact) mass is 557 g/mol. The number of rotatable bonds is 6. The fourth-order valence-electron chi connectivity index (χ4n) is 3.68. The fourth-order valence-corrected chi connectivity index (χ4v) is 5.26. The molecule has 0 saturated heterocycles. The number of nitrogens with one attached hydrogen (secondary N) is 1. The number of halogens is 4. The third-order valence-corrected chi connectivity index (χ3v) is 7.70.